The number of carboxylic acid groups (broad SMARTS) is 1. The first-order chi connectivity index (χ1) is 6.58. The highest BCUT2D eigenvalue weighted by molar-refractivity contribution is 5.88. The molecule has 0 bridgehead atoms. The minimum Gasteiger partial charge on any atom is -0.475 e. The van der Waals surface area contributed by atoms with Gasteiger partial charge in [0.05, 0.1) is 11.0 Å². The second-order valence-electron chi connectivity index (χ2n) is 2.67. The zero-order chi connectivity index (χ0) is 10.3. The number of aromatic carboxylic acids is 1. The van der Waals surface area contributed by atoms with Crippen LogP contribution in [0.25, 0.3) is 11.0 Å². The Balaban J connectivity index is 2.72. The van der Waals surface area contributed by atoms with Gasteiger partial charge < -0.3 is 10.1 Å². The molecule has 0 aliphatic heterocycles. The van der Waals surface area contributed by atoms with E-state index in [1.165, 1.54) is 0 Å². The fraction of sp³-hybridized carbons (Fsp3) is 0. The second-order valence-corrected chi connectivity index (χ2v) is 2.67. The molecular weight excluding hydrogens is 194 g/mol. The molecule has 0 radical (unpaired) electrons. The van der Waals surface area contributed by atoms with Gasteiger partial charge in [-0.3, -0.25) is 0 Å². The monoisotopic (exact) mass is 198 g/mol. The number of benzene rings is 1. The molecular formula is C8H4F2N2O2. The summed E-state index contributed by atoms with van der Waals surface area (Å²) in [6.45, 7) is 0. The normalized spacial score (nSPS) is 10.7. The van der Waals surface area contributed by atoms with Gasteiger partial charge in [-0.05, 0) is 0 Å². The number of rotatable bonds is 1. The van der Waals surface area contributed by atoms with E-state index < -0.39 is 17.6 Å². The van der Waals surface area contributed by atoms with E-state index in [1.54, 1.807) is 0 Å². The van der Waals surface area contributed by atoms with E-state index in [4.69, 9.17) is 5.11 Å². The highest BCUT2D eigenvalue weighted by Crippen LogP contribution is 2.16. The molecule has 4 nitrogen and oxygen atoms in total. The molecule has 0 unspecified atom stereocenters. The van der Waals surface area contributed by atoms with Crippen molar-refractivity contribution in [1.29, 1.82) is 0 Å². The lowest BCUT2D eigenvalue weighted by Crippen LogP contribution is -1.97. The molecule has 0 saturated carbocycles. The minimum absolute atomic E-state index is 0.0845. The Morgan fingerprint density at radius 2 is 2.00 bits per heavy atom. The Morgan fingerprint density at radius 1 is 1.36 bits per heavy atom. The van der Waals surface area contributed by atoms with Gasteiger partial charge in [0.2, 0.25) is 5.82 Å². The first-order valence-corrected chi connectivity index (χ1v) is 3.66. The number of hydrogen-bond donors (Lipinski definition) is 2. The maximum Gasteiger partial charge on any atom is 0.371 e. The summed E-state index contributed by atoms with van der Waals surface area (Å²) in [4.78, 5) is 16.4. The Kier molecular flexibility index (Phi) is 1.70. The summed E-state index contributed by atoms with van der Waals surface area (Å²) in [6, 6.07) is 1.71. The van der Waals surface area contributed by atoms with Gasteiger partial charge in [-0.1, -0.05) is 0 Å². The predicted molar refractivity (Wildman–Crippen MR) is 43.0 cm³/mol. The van der Waals surface area contributed by atoms with Gasteiger partial charge in [0.15, 0.2) is 11.6 Å². The van der Waals surface area contributed by atoms with Crippen molar-refractivity contribution < 1.29 is 18.7 Å². The van der Waals surface area contributed by atoms with Crippen LogP contribution in [-0.2, 0) is 0 Å². The average Bonchev–Trinajstić information content (AvgIpc) is 2.48. The van der Waals surface area contributed by atoms with Crippen LogP contribution >= 0.6 is 0 Å². The number of hydrogen-bond acceptors (Lipinski definition) is 2. The number of carbonyl (C=O) groups is 1. The number of halogens is 2. The van der Waals surface area contributed by atoms with Crippen LogP contribution in [-0.4, -0.2) is 21.0 Å². The summed E-state index contributed by atoms with van der Waals surface area (Å²) in [5.41, 5.74) is 0.239. The van der Waals surface area contributed by atoms with Gasteiger partial charge in [0, 0.05) is 12.1 Å². The third-order valence-electron chi connectivity index (χ3n) is 1.73. The van der Waals surface area contributed by atoms with Crippen LogP contribution in [0.1, 0.15) is 10.6 Å². The summed E-state index contributed by atoms with van der Waals surface area (Å²) in [5.74, 6) is -3.72. The topological polar surface area (TPSA) is 66.0 Å². The molecule has 1 heterocycles. The maximum absolute atomic E-state index is 12.7. The summed E-state index contributed by atoms with van der Waals surface area (Å²) in [7, 11) is 0. The summed E-state index contributed by atoms with van der Waals surface area (Å²) < 4.78 is 25.4. The Bertz CT molecular complexity index is 482. The van der Waals surface area contributed by atoms with E-state index in [1.807, 2.05) is 0 Å². The van der Waals surface area contributed by atoms with Crippen LogP contribution in [0.4, 0.5) is 8.78 Å². The van der Waals surface area contributed by atoms with Crippen LogP contribution in [0, 0.1) is 11.6 Å². The predicted octanol–water partition coefficient (Wildman–Crippen LogP) is 1.54. The molecule has 2 N–H and O–H groups in total. The fourth-order valence-electron chi connectivity index (χ4n) is 1.11. The molecule has 0 aliphatic carbocycles. The van der Waals surface area contributed by atoms with Crippen LogP contribution < -0.4 is 0 Å². The maximum atomic E-state index is 12.7. The summed E-state index contributed by atoms with van der Waals surface area (Å²) in [6.07, 6.45) is 0. The van der Waals surface area contributed by atoms with E-state index >= 15 is 0 Å². The van der Waals surface area contributed by atoms with Crippen LogP contribution in [0.15, 0.2) is 12.1 Å². The van der Waals surface area contributed by atoms with Gasteiger partial charge in [0.25, 0.3) is 0 Å². The summed E-state index contributed by atoms with van der Waals surface area (Å²) >= 11 is 0. The third-order valence-corrected chi connectivity index (χ3v) is 1.73. The first-order valence-electron chi connectivity index (χ1n) is 3.66. The lowest BCUT2D eigenvalue weighted by molar-refractivity contribution is 0.0685. The average molecular weight is 198 g/mol. The zero-order valence-electron chi connectivity index (χ0n) is 6.71. The number of H-pyrrole nitrogens is 1. The Labute approximate surface area is 76.2 Å². The Hall–Kier alpha value is -1.98. The second kappa shape index (κ2) is 2.76. The van der Waals surface area contributed by atoms with Crippen molar-refractivity contribution in [2.75, 3.05) is 0 Å². The SMILES string of the molecule is O=C(O)c1nc2cc(F)c(F)cc2[nH]1. The van der Waals surface area contributed by atoms with E-state index in [0.717, 1.165) is 12.1 Å². The number of aromatic amines is 1. The van der Waals surface area contributed by atoms with E-state index in [2.05, 4.69) is 9.97 Å². The standard InChI is InChI=1S/C8H4F2N2O2/c9-3-1-5-6(2-4(3)10)12-7(11-5)8(13)14/h1-2H,(H,11,12)(H,13,14). The van der Waals surface area contributed by atoms with Gasteiger partial charge in [0.1, 0.15) is 0 Å². The van der Waals surface area contributed by atoms with Crippen molar-refractivity contribution >= 4 is 17.0 Å². The van der Waals surface area contributed by atoms with Gasteiger partial charge in [-0.2, -0.15) is 0 Å². The highest BCUT2D eigenvalue weighted by atomic mass is 19.2. The molecule has 1 aromatic heterocycles. The molecule has 6 heteroatoms. The van der Waals surface area contributed by atoms with Gasteiger partial charge >= 0.3 is 5.97 Å². The fourth-order valence-corrected chi connectivity index (χ4v) is 1.11. The van der Waals surface area contributed by atoms with E-state index in [-0.39, 0.29) is 16.9 Å². The lowest BCUT2D eigenvalue weighted by Gasteiger charge is -1.90. The third kappa shape index (κ3) is 1.20. The van der Waals surface area contributed by atoms with Gasteiger partial charge in [-0.15, -0.1) is 0 Å². The van der Waals surface area contributed by atoms with Crippen LogP contribution in [0.5, 0.6) is 0 Å². The largest absolute Gasteiger partial charge is 0.475 e. The molecule has 0 saturated heterocycles. The number of imidazole rings is 1. The number of aromatic nitrogens is 2. The molecule has 0 atom stereocenters. The molecule has 1 aromatic carbocycles. The van der Waals surface area contributed by atoms with Crippen molar-refractivity contribution in [3.8, 4) is 0 Å². The molecule has 14 heavy (non-hydrogen) atoms. The van der Waals surface area contributed by atoms with Crippen molar-refractivity contribution in [2.24, 2.45) is 0 Å². The lowest BCUT2D eigenvalue weighted by atomic mass is 10.3. The molecule has 72 valence electrons. The van der Waals surface area contributed by atoms with E-state index in [9.17, 15) is 13.6 Å². The number of nitrogens with zero attached hydrogens (tertiary/aromatic N) is 1. The van der Waals surface area contributed by atoms with Crippen molar-refractivity contribution in [1.82, 2.24) is 9.97 Å². The van der Waals surface area contributed by atoms with Crippen molar-refractivity contribution in [3.63, 3.8) is 0 Å². The highest BCUT2D eigenvalue weighted by Gasteiger charge is 2.12. The number of carboxylic acids is 1. The number of fused-ring (bicyclic) bond motifs is 1. The molecule has 0 fully saturated rings. The first kappa shape index (κ1) is 8.61. The minimum atomic E-state index is -1.28. The number of nitrogens with one attached hydrogen (secondary N) is 1. The van der Waals surface area contributed by atoms with Crippen LogP contribution in [0.3, 0.4) is 0 Å². The molecule has 0 amide bonds. The van der Waals surface area contributed by atoms with Crippen molar-refractivity contribution in [2.45, 2.75) is 0 Å². The van der Waals surface area contributed by atoms with E-state index in [0.29, 0.717) is 0 Å². The molecule has 2 rings (SSSR count). The smallest absolute Gasteiger partial charge is 0.371 e. The van der Waals surface area contributed by atoms with Gasteiger partial charge in [-0.25, -0.2) is 18.6 Å². The Morgan fingerprint density at radius 3 is 2.64 bits per heavy atom. The molecule has 2 aromatic rings. The molecule has 0 spiro atoms. The summed E-state index contributed by atoms with van der Waals surface area (Å²) in [5, 5.41) is 8.54. The van der Waals surface area contributed by atoms with Crippen LogP contribution in [0.2, 0.25) is 0 Å². The molecule has 0 aliphatic rings. The van der Waals surface area contributed by atoms with Crippen molar-refractivity contribution in [3.05, 3.63) is 29.6 Å². The quantitative estimate of drug-likeness (QED) is 0.730. The zero-order valence-corrected chi connectivity index (χ0v) is 6.71.